The first kappa shape index (κ1) is 20.6. The number of anilines is 1. The van der Waals surface area contributed by atoms with Gasteiger partial charge in [0.15, 0.2) is 5.96 Å². The fraction of sp³-hybridized carbons (Fsp3) is 0.250. The second-order valence-electron chi connectivity index (χ2n) is 5.91. The predicted molar refractivity (Wildman–Crippen MR) is 122 cm³/mol. The highest BCUT2D eigenvalue weighted by Crippen LogP contribution is 2.17. The van der Waals surface area contributed by atoms with E-state index in [1.807, 2.05) is 24.3 Å². The largest absolute Gasteiger partial charge is 0.364 e. The van der Waals surface area contributed by atoms with Gasteiger partial charge in [-0.15, -0.1) is 24.0 Å². The SMILES string of the molecule is CN=C(NCc1ccc(N2CC=CC2)cc1)NCc1ccccc1Cl.I. The molecule has 0 saturated heterocycles. The summed E-state index contributed by atoms with van der Waals surface area (Å²) in [4.78, 5) is 6.60. The fourth-order valence-electron chi connectivity index (χ4n) is 2.74. The maximum Gasteiger partial charge on any atom is 0.191 e. The molecule has 0 saturated carbocycles. The van der Waals surface area contributed by atoms with Gasteiger partial charge < -0.3 is 15.5 Å². The molecule has 1 heterocycles. The van der Waals surface area contributed by atoms with Gasteiger partial charge in [-0.3, -0.25) is 4.99 Å². The average Bonchev–Trinajstić information content (AvgIpc) is 3.18. The van der Waals surface area contributed by atoms with E-state index in [9.17, 15) is 0 Å². The molecule has 138 valence electrons. The molecule has 1 aliphatic heterocycles. The minimum absolute atomic E-state index is 0. The lowest BCUT2D eigenvalue weighted by molar-refractivity contribution is 0.809. The van der Waals surface area contributed by atoms with Crippen molar-refractivity contribution >= 4 is 47.2 Å². The summed E-state index contributed by atoms with van der Waals surface area (Å²) in [5.74, 6) is 0.757. The summed E-state index contributed by atoms with van der Waals surface area (Å²) in [7, 11) is 1.77. The Labute approximate surface area is 177 Å². The van der Waals surface area contributed by atoms with Gasteiger partial charge in [0.2, 0.25) is 0 Å². The maximum atomic E-state index is 6.18. The summed E-state index contributed by atoms with van der Waals surface area (Å²) < 4.78 is 0. The lowest BCUT2D eigenvalue weighted by atomic mass is 10.2. The van der Waals surface area contributed by atoms with E-state index < -0.39 is 0 Å². The van der Waals surface area contributed by atoms with E-state index in [-0.39, 0.29) is 24.0 Å². The van der Waals surface area contributed by atoms with Gasteiger partial charge in [0.05, 0.1) is 0 Å². The van der Waals surface area contributed by atoms with E-state index in [4.69, 9.17) is 11.6 Å². The Hall–Kier alpha value is -1.73. The number of rotatable bonds is 5. The number of nitrogens with one attached hydrogen (secondary N) is 2. The molecule has 2 aromatic carbocycles. The van der Waals surface area contributed by atoms with Crippen LogP contribution in [0.1, 0.15) is 11.1 Å². The van der Waals surface area contributed by atoms with Gasteiger partial charge in [0, 0.05) is 43.9 Å². The van der Waals surface area contributed by atoms with Crippen LogP contribution in [0.15, 0.2) is 65.7 Å². The molecule has 1 aliphatic rings. The maximum absolute atomic E-state index is 6.18. The summed E-state index contributed by atoms with van der Waals surface area (Å²) in [6.07, 6.45) is 4.40. The third kappa shape index (κ3) is 5.64. The number of guanidine groups is 1. The number of hydrogen-bond donors (Lipinski definition) is 2. The molecule has 0 aromatic heterocycles. The summed E-state index contributed by atoms with van der Waals surface area (Å²) >= 11 is 6.18. The van der Waals surface area contributed by atoms with E-state index in [1.54, 1.807) is 7.05 Å². The standard InChI is InChI=1S/C20H23ClN4.HI/c1-22-20(24-15-17-6-2-3-7-19(17)21)23-14-16-8-10-18(11-9-16)25-12-4-5-13-25;/h2-11H,12-15H2,1H3,(H2,22,23,24);1H. The molecule has 0 aliphatic carbocycles. The molecule has 3 rings (SSSR count). The van der Waals surface area contributed by atoms with E-state index in [2.05, 4.69) is 56.9 Å². The molecule has 0 fully saturated rings. The number of halogens is 2. The first-order valence-corrected chi connectivity index (χ1v) is 8.81. The van der Waals surface area contributed by atoms with Crippen LogP contribution in [0.25, 0.3) is 0 Å². The van der Waals surface area contributed by atoms with Gasteiger partial charge in [-0.25, -0.2) is 0 Å². The van der Waals surface area contributed by atoms with Gasteiger partial charge in [-0.2, -0.15) is 0 Å². The number of nitrogens with zero attached hydrogens (tertiary/aromatic N) is 2. The van der Waals surface area contributed by atoms with Crippen LogP contribution in [0.4, 0.5) is 5.69 Å². The second-order valence-corrected chi connectivity index (χ2v) is 6.32. The number of aliphatic imine (C=N–C) groups is 1. The molecule has 0 amide bonds. The van der Waals surface area contributed by atoms with Gasteiger partial charge in [0.25, 0.3) is 0 Å². The Morgan fingerprint density at radius 1 is 1.00 bits per heavy atom. The Morgan fingerprint density at radius 2 is 1.65 bits per heavy atom. The van der Waals surface area contributed by atoms with Crippen molar-refractivity contribution in [2.24, 2.45) is 4.99 Å². The van der Waals surface area contributed by atoms with Crippen molar-refractivity contribution in [3.05, 3.63) is 76.8 Å². The van der Waals surface area contributed by atoms with E-state index >= 15 is 0 Å². The van der Waals surface area contributed by atoms with Crippen molar-refractivity contribution in [1.29, 1.82) is 0 Å². The van der Waals surface area contributed by atoms with Crippen LogP contribution in [-0.2, 0) is 13.1 Å². The highest BCUT2D eigenvalue weighted by Gasteiger charge is 2.07. The molecule has 0 atom stereocenters. The average molecular weight is 483 g/mol. The Bertz CT molecular complexity index is 751. The normalized spacial score (nSPS) is 13.5. The zero-order valence-corrected chi connectivity index (χ0v) is 17.9. The molecule has 4 nitrogen and oxygen atoms in total. The molecule has 6 heteroatoms. The minimum atomic E-state index is 0. The smallest absolute Gasteiger partial charge is 0.191 e. The zero-order valence-electron chi connectivity index (χ0n) is 14.8. The van der Waals surface area contributed by atoms with Gasteiger partial charge in [-0.1, -0.05) is 54.1 Å². The summed E-state index contributed by atoms with van der Waals surface area (Å²) in [6.45, 7) is 3.35. The quantitative estimate of drug-likeness (QED) is 0.290. The summed E-state index contributed by atoms with van der Waals surface area (Å²) in [5, 5.41) is 7.39. The highest BCUT2D eigenvalue weighted by atomic mass is 127. The minimum Gasteiger partial charge on any atom is -0.364 e. The Balaban J connectivity index is 0.00000243. The van der Waals surface area contributed by atoms with Crippen LogP contribution in [0.2, 0.25) is 5.02 Å². The molecular weight excluding hydrogens is 459 g/mol. The van der Waals surface area contributed by atoms with Gasteiger partial charge >= 0.3 is 0 Å². The van der Waals surface area contributed by atoms with Crippen molar-refractivity contribution in [3.8, 4) is 0 Å². The Kier molecular flexibility index (Phi) is 8.25. The lowest BCUT2D eigenvalue weighted by Gasteiger charge is -2.18. The topological polar surface area (TPSA) is 39.7 Å². The molecule has 0 bridgehead atoms. The zero-order chi connectivity index (χ0) is 17.5. The van der Waals surface area contributed by atoms with E-state index in [0.29, 0.717) is 6.54 Å². The van der Waals surface area contributed by atoms with Crippen molar-refractivity contribution < 1.29 is 0 Å². The summed E-state index contributed by atoms with van der Waals surface area (Å²) in [6, 6.07) is 16.5. The van der Waals surface area contributed by atoms with Crippen molar-refractivity contribution in [2.75, 3.05) is 25.0 Å². The molecule has 2 N–H and O–H groups in total. The van der Waals surface area contributed by atoms with Crippen LogP contribution in [-0.4, -0.2) is 26.1 Å². The van der Waals surface area contributed by atoms with Crippen molar-refractivity contribution in [2.45, 2.75) is 13.1 Å². The molecular formula is C20H24ClIN4. The molecule has 0 spiro atoms. The fourth-order valence-corrected chi connectivity index (χ4v) is 2.94. The third-order valence-corrected chi connectivity index (χ3v) is 4.58. The van der Waals surface area contributed by atoms with Crippen LogP contribution < -0.4 is 15.5 Å². The molecule has 26 heavy (non-hydrogen) atoms. The van der Waals surface area contributed by atoms with Gasteiger partial charge in [-0.05, 0) is 29.3 Å². The van der Waals surface area contributed by atoms with Crippen LogP contribution >= 0.6 is 35.6 Å². The van der Waals surface area contributed by atoms with E-state index in [1.165, 1.54) is 11.3 Å². The van der Waals surface area contributed by atoms with Crippen LogP contribution in [0.5, 0.6) is 0 Å². The van der Waals surface area contributed by atoms with Gasteiger partial charge in [0.1, 0.15) is 0 Å². The summed E-state index contributed by atoms with van der Waals surface area (Å²) in [5.41, 5.74) is 3.53. The Morgan fingerprint density at radius 3 is 2.31 bits per heavy atom. The third-order valence-electron chi connectivity index (χ3n) is 4.21. The van der Waals surface area contributed by atoms with E-state index in [0.717, 1.165) is 36.2 Å². The van der Waals surface area contributed by atoms with Crippen molar-refractivity contribution in [1.82, 2.24) is 10.6 Å². The van der Waals surface area contributed by atoms with Crippen molar-refractivity contribution in [3.63, 3.8) is 0 Å². The lowest BCUT2D eigenvalue weighted by Crippen LogP contribution is -2.36. The monoisotopic (exact) mass is 482 g/mol. The highest BCUT2D eigenvalue weighted by molar-refractivity contribution is 14.0. The van der Waals surface area contributed by atoms with Crippen LogP contribution in [0.3, 0.4) is 0 Å². The molecule has 0 unspecified atom stereocenters. The number of benzene rings is 2. The molecule has 2 aromatic rings. The van der Waals surface area contributed by atoms with Crippen LogP contribution in [0, 0.1) is 0 Å². The second kappa shape index (κ2) is 10.4. The predicted octanol–water partition coefficient (Wildman–Crippen LogP) is 4.20. The molecule has 0 radical (unpaired) electrons. The number of hydrogen-bond acceptors (Lipinski definition) is 2. The first-order valence-electron chi connectivity index (χ1n) is 8.43. The first-order chi connectivity index (χ1) is 12.3.